The number of halogens is 3. The number of anilines is 1. The van der Waals surface area contributed by atoms with Crippen LogP contribution in [0.25, 0.3) is 0 Å². The summed E-state index contributed by atoms with van der Waals surface area (Å²) in [4.78, 5) is 6.92. The molecule has 1 aliphatic rings. The molecule has 7 heteroatoms. The minimum Gasteiger partial charge on any atom is -0.365 e. The first-order chi connectivity index (χ1) is 8.67. The molecule has 19 heavy (non-hydrogen) atoms. The Morgan fingerprint density at radius 2 is 2.11 bits per heavy atom. The third-order valence-corrected chi connectivity index (χ3v) is 3.47. The second kappa shape index (κ2) is 5.04. The van der Waals surface area contributed by atoms with Crippen LogP contribution in [0.1, 0.15) is 33.6 Å². The molecule has 106 valence electrons. The molecule has 2 heterocycles. The average molecular weight is 307 g/mol. The first-order valence-corrected chi connectivity index (χ1v) is 6.85. The minimum absolute atomic E-state index is 0.0132. The highest BCUT2D eigenvalue weighted by atomic mass is 35.5. The monoisotopic (exact) mass is 306 g/mol. The smallest absolute Gasteiger partial charge is 0.224 e. The Kier molecular flexibility index (Phi) is 3.91. The molecule has 1 saturated heterocycles. The molecule has 1 aliphatic heterocycles. The predicted octanol–water partition coefficient (Wildman–Crippen LogP) is 3.17. The second-order valence-electron chi connectivity index (χ2n) is 5.79. The molecule has 4 nitrogen and oxygen atoms in total. The van der Waals surface area contributed by atoms with Crippen LogP contribution in [-0.2, 0) is 0 Å². The van der Waals surface area contributed by atoms with Crippen LogP contribution >= 0.6 is 23.2 Å². The number of aromatic nitrogens is 2. The maximum absolute atomic E-state index is 13.6. The molecule has 2 atom stereocenters. The molecule has 1 fully saturated rings. The topological polar surface area (TPSA) is 49.8 Å². The standard InChI is InChI=1S/C12H17Cl2FN4/c1-11(2)4-7(5-12(3,14)19-11)17-9-8(15)6-16-10(13)18-9/h6-7,19H,4-5H2,1-3H3,(H,16,17,18). The first-order valence-electron chi connectivity index (χ1n) is 6.10. The van der Waals surface area contributed by atoms with Crippen molar-refractivity contribution < 1.29 is 4.39 Å². The molecule has 0 radical (unpaired) electrons. The minimum atomic E-state index is -0.535. The summed E-state index contributed by atoms with van der Waals surface area (Å²) in [6, 6.07) is 0.0132. The zero-order chi connectivity index (χ0) is 14.3. The van der Waals surface area contributed by atoms with E-state index in [2.05, 4.69) is 34.4 Å². The number of piperidine rings is 1. The third-order valence-electron chi connectivity index (χ3n) is 3.04. The molecule has 0 aliphatic carbocycles. The van der Waals surface area contributed by atoms with Gasteiger partial charge in [0.05, 0.1) is 11.2 Å². The summed E-state index contributed by atoms with van der Waals surface area (Å²) < 4.78 is 13.6. The number of nitrogens with zero attached hydrogens (tertiary/aromatic N) is 2. The zero-order valence-electron chi connectivity index (χ0n) is 11.1. The first kappa shape index (κ1) is 14.8. The SMILES string of the molecule is CC1(C)CC(Nc2nc(Cl)ncc2F)CC(C)(Cl)N1. The van der Waals surface area contributed by atoms with Crippen molar-refractivity contribution in [2.24, 2.45) is 0 Å². The van der Waals surface area contributed by atoms with E-state index in [1.54, 1.807) is 0 Å². The Morgan fingerprint density at radius 1 is 1.42 bits per heavy atom. The number of hydrogen-bond acceptors (Lipinski definition) is 4. The van der Waals surface area contributed by atoms with Gasteiger partial charge in [-0.05, 0) is 45.2 Å². The summed E-state index contributed by atoms with van der Waals surface area (Å²) in [5.74, 6) is -0.396. The Balaban J connectivity index is 2.16. The fourth-order valence-corrected chi connectivity index (χ4v) is 3.28. The predicted molar refractivity (Wildman–Crippen MR) is 75.1 cm³/mol. The summed E-state index contributed by atoms with van der Waals surface area (Å²) in [5, 5.41) is 6.43. The van der Waals surface area contributed by atoms with Crippen LogP contribution < -0.4 is 10.6 Å². The van der Waals surface area contributed by atoms with Gasteiger partial charge in [-0.1, -0.05) is 0 Å². The molecule has 0 aromatic carbocycles. The Morgan fingerprint density at radius 3 is 2.74 bits per heavy atom. The maximum Gasteiger partial charge on any atom is 0.224 e. The van der Waals surface area contributed by atoms with Crippen molar-refractivity contribution in [3.63, 3.8) is 0 Å². The molecule has 1 aromatic rings. The van der Waals surface area contributed by atoms with Crippen LogP contribution in [0.15, 0.2) is 6.20 Å². The van der Waals surface area contributed by atoms with Gasteiger partial charge in [0.25, 0.3) is 0 Å². The van der Waals surface area contributed by atoms with E-state index in [1.807, 2.05) is 6.92 Å². The lowest BCUT2D eigenvalue weighted by Gasteiger charge is -2.45. The summed E-state index contributed by atoms with van der Waals surface area (Å²) in [6.45, 7) is 6.03. The van der Waals surface area contributed by atoms with Gasteiger partial charge in [-0.2, -0.15) is 4.98 Å². The fourth-order valence-electron chi connectivity index (χ4n) is 2.70. The van der Waals surface area contributed by atoms with E-state index in [-0.39, 0.29) is 22.7 Å². The van der Waals surface area contributed by atoms with Gasteiger partial charge in [-0.3, -0.25) is 5.32 Å². The van der Waals surface area contributed by atoms with Crippen LogP contribution in [0.3, 0.4) is 0 Å². The number of nitrogens with one attached hydrogen (secondary N) is 2. The van der Waals surface area contributed by atoms with Crippen molar-refractivity contribution in [1.29, 1.82) is 0 Å². The van der Waals surface area contributed by atoms with E-state index < -0.39 is 10.8 Å². The van der Waals surface area contributed by atoms with E-state index in [0.717, 1.165) is 12.6 Å². The summed E-state index contributed by atoms with van der Waals surface area (Å²) in [7, 11) is 0. The quantitative estimate of drug-likeness (QED) is 0.500. The molecule has 1 aromatic heterocycles. The maximum atomic E-state index is 13.6. The lowest BCUT2D eigenvalue weighted by Crippen LogP contribution is -2.59. The van der Waals surface area contributed by atoms with Gasteiger partial charge in [0.2, 0.25) is 5.28 Å². The van der Waals surface area contributed by atoms with Gasteiger partial charge >= 0.3 is 0 Å². The largest absolute Gasteiger partial charge is 0.365 e. The van der Waals surface area contributed by atoms with E-state index in [4.69, 9.17) is 23.2 Å². The number of alkyl halides is 1. The van der Waals surface area contributed by atoms with Gasteiger partial charge < -0.3 is 5.32 Å². The van der Waals surface area contributed by atoms with Crippen LogP contribution in [0.4, 0.5) is 10.2 Å². The third kappa shape index (κ3) is 3.91. The van der Waals surface area contributed by atoms with Gasteiger partial charge in [-0.25, -0.2) is 9.37 Å². The van der Waals surface area contributed by atoms with Crippen molar-refractivity contribution in [3.05, 3.63) is 17.3 Å². The molecule has 2 N–H and O–H groups in total. The summed E-state index contributed by atoms with van der Waals surface area (Å²) >= 11 is 12.1. The summed E-state index contributed by atoms with van der Waals surface area (Å²) in [5.41, 5.74) is -0.139. The molecular weight excluding hydrogens is 290 g/mol. The van der Waals surface area contributed by atoms with E-state index in [1.165, 1.54) is 0 Å². The highest BCUT2D eigenvalue weighted by Gasteiger charge is 2.39. The lowest BCUT2D eigenvalue weighted by atomic mass is 9.85. The van der Waals surface area contributed by atoms with E-state index in [9.17, 15) is 4.39 Å². The van der Waals surface area contributed by atoms with Crippen molar-refractivity contribution in [2.45, 2.75) is 50.2 Å². The van der Waals surface area contributed by atoms with Crippen LogP contribution in [0.5, 0.6) is 0 Å². The number of hydrogen-bond donors (Lipinski definition) is 2. The highest BCUT2D eigenvalue weighted by molar-refractivity contribution is 6.28. The van der Waals surface area contributed by atoms with Crippen LogP contribution in [0, 0.1) is 5.82 Å². The average Bonchev–Trinajstić information content (AvgIpc) is 2.18. The van der Waals surface area contributed by atoms with Crippen molar-refractivity contribution in [2.75, 3.05) is 5.32 Å². The van der Waals surface area contributed by atoms with Crippen molar-refractivity contribution in [3.8, 4) is 0 Å². The van der Waals surface area contributed by atoms with Gasteiger partial charge in [-0.15, -0.1) is 11.6 Å². The van der Waals surface area contributed by atoms with E-state index >= 15 is 0 Å². The van der Waals surface area contributed by atoms with Crippen LogP contribution in [0.2, 0.25) is 5.28 Å². The Hall–Kier alpha value is -0.650. The zero-order valence-corrected chi connectivity index (χ0v) is 12.6. The van der Waals surface area contributed by atoms with Gasteiger partial charge in [0.1, 0.15) is 0 Å². The molecular formula is C12H17Cl2FN4. The van der Waals surface area contributed by atoms with E-state index in [0.29, 0.717) is 6.42 Å². The molecule has 2 rings (SSSR count). The Bertz CT molecular complexity index is 463. The van der Waals surface area contributed by atoms with Gasteiger partial charge in [0, 0.05) is 11.6 Å². The Labute approximate surface area is 122 Å². The molecule has 2 unspecified atom stereocenters. The normalized spacial score (nSPS) is 30.1. The molecule has 0 bridgehead atoms. The summed E-state index contributed by atoms with van der Waals surface area (Å²) in [6.07, 6.45) is 2.51. The molecule has 0 amide bonds. The van der Waals surface area contributed by atoms with Gasteiger partial charge in [0.15, 0.2) is 11.6 Å². The lowest BCUT2D eigenvalue weighted by molar-refractivity contribution is 0.214. The molecule has 0 spiro atoms. The fraction of sp³-hybridized carbons (Fsp3) is 0.667. The number of rotatable bonds is 2. The highest BCUT2D eigenvalue weighted by Crippen LogP contribution is 2.33. The molecule has 0 saturated carbocycles. The van der Waals surface area contributed by atoms with Crippen molar-refractivity contribution >= 4 is 29.0 Å². The second-order valence-corrected chi connectivity index (χ2v) is 6.96. The van der Waals surface area contributed by atoms with Crippen LogP contribution in [-0.4, -0.2) is 26.5 Å². The van der Waals surface area contributed by atoms with Crippen molar-refractivity contribution in [1.82, 2.24) is 15.3 Å².